The van der Waals surface area contributed by atoms with Crippen LogP contribution >= 0.6 is 15.9 Å². The van der Waals surface area contributed by atoms with Crippen LogP contribution in [0, 0.1) is 0 Å². The molecular weight excluding hydrogens is 398 g/mol. The SMILES string of the molecule is COc1cc(Br)c(C[C@H]2NCCc3cc(OC)c(OC)cc32)cc1OC. The summed E-state index contributed by atoms with van der Waals surface area (Å²) < 4.78 is 22.8. The van der Waals surface area contributed by atoms with Gasteiger partial charge in [0.1, 0.15) is 0 Å². The predicted octanol–water partition coefficient (Wildman–Crippen LogP) is 3.91. The molecule has 6 heteroatoms. The van der Waals surface area contributed by atoms with Gasteiger partial charge in [0.2, 0.25) is 0 Å². The molecule has 1 N–H and O–H groups in total. The van der Waals surface area contributed by atoms with Gasteiger partial charge in [-0.25, -0.2) is 0 Å². The highest BCUT2D eigenvalue weighted by Gasteiger charge is 2.24. The van der Waals surface area contributed by atoms with Crippen molar-refractivity contribution in [1.82, 2.24) is 5.32 Å². The number of hydrogen-bond donors (Lipinski definition) is 1. The van der Waals surface area contributed by atoms with E-state index in [1.54, 1.807) is 28.4 Å². The van der Waals surface area contributed by atoms with Gasteiger partial charge in [0.15, 0.2) is 23.0 Å². The van der Waals surface area contributed by atoms with Crippen molar-refractivity contribution in [1.29, 1.82) is 0 Å². The Morgan fingerprint density at radius 3 is 2.12 bits per heavy atom. The van der Waals surface area contributed by atoms with Crippen molar-refractivity contribution in [2.24, 2.45) is 0 Å². The van der Waals surface area contributed by atoms with Crippen LogP contribution in [0.4, 0.5) is 0 Å². The van der Waals surface area contributed by atoms with Crippen molar-refractivity contribution in [3.05, 3.63) is 45.4 Å². The molecule has 0 aromatic heterocycles. The lowest BCUT2D eigenvalue weighted by Crippen LogP contribution is -2.31. The first-order valence-corrected chi connectivity index (χ1v) is 9.29. The molecule has 2 aromatic rings. The fraction of sp³-hybridized carbons (Fsp3) is 0.400. The molecule has 5 nitrogen and oxygen atoms in total. The van der Waals surface area contributed by atoms with Gasteiger partial charge < -0.3 is 24.3 Å². The van der Waals surface area contributed by atoms with Crippen molar-refractivity contribution in [2.75, 3.05) is 35.0 Å². The summed E-state index contributed by atoms with van der Waals surface area (Å²) in [4.78, 5) is 0. The van der Waals surface area contributed by atoms with Gasteiger partial charge in [-0.05, 0) is 60.3 Å². The molecule has 140 valence electrons. The third-order valence-corrected chi connectivity index (χ3v) is 5.52. The van der Waals surface area contributed by atoms with Crippen LogP contribution < -0.4 is 24.3 Å². The number of hydrogen-bond acceptors (Lipinski definition) is 5. The Balaban J connectivity index is 1.96. The molecule has 2 aromatic carbocycles. The maximum atomic E-state index is 5.49. The molecule has 1 aliphatic rings. The third kappa shape index (κ3) is 3.62. The number of nitrogens with one attached hydrogen (secondary N) is 1. The molecule has 0 unspecified atom stereocenters. The van der Waals surface area contributed by atoms with E-state index in [9.17, 15) is 0 Å². The summed E-state index contributed by atoms with van der Waals surface area (Å²) in [6.45, 7) is 0.929. The van der Waals surface area contributed by atoms with E-state index < -0.39 is 0 Å². The van der Waals surface area contributed by atoms with E-state index in [4.69, 9.17) is 18.9 Å². The smallest absolute Gasteiger partial charge is 0.161 e. The number of ether oxygens (including phenoxy) is 4. The van der Waals surface area contributed by atoms with Crippen LogP contribution in [0.1, 0.15) is 22.7 Å². The lowest BCUT2D eigenvalue weighted by Gasteiger charge is -2.28. The topological polar surface area (TPSA) is 49.0 Å². The Kier molecular flexibility index (Phi) is 5.94. The molecule has 0 radical (unpaired) electrons. The molecule has 1 heterocycles. The van der Waals surface area contributed by atoms with E-state index in [0.717, 1.165) is 46.7 Å². The standard InChI is InChI=1S/C20H24BrNO4/c1-23-17-8-12-5-6-22-16(14(12)10-19(17)25-3)7-13-9-18(24-2)20(26-4)11-15(13)21/h8-11,16,22H,5-7H2,1-4H3/t16-/m1/s1. The molecule has 1 atom stereocenters. The van der Waals surface area contributed by atoms with Gasteiger partial charge in [-0.15, -0.1) is 0 Å². The highest BCUT2D eigenvalue weighted by molar-refractivity contribution is 9.10. The van der Waals surface area contributed by atoms with Gasteiger partial charge >= 0.3 is 0 Å². The fourth-order valence-electron chi connectivity index (χ4n) is 3.42. The summed E-state index contributed by atoms with van der Waals surface area (Å²) in [6, 6.07) is 8.34. The molecule has 0 saturated carbocycles. The van der Waals surface area contributed by atoms with E-state index in [1.807, 2.05) is 12.1 Å². The largest absolute Gasteiger partial charge is 0.493 e. The Morgan fingerprint density at radius 2 is 1.46 bits per heavy atom. The Labute approximate surface area is 162 Å². The normalized spacial score (nSPS) is 16.0. The summed E-state index contributed by atoms with van der Waals surface area (Å²) in [5.41, 5.74) is 3.70. The summed E-state index contributed by atoms with van der Waals surface area (Å²) >= 11 is 3.66. The van der Waals surface area contributed by atoms with E-state index in [1.165, 1.54) is 11.1 Å². The van der Waals surface area contributed by atoms with Crippen LogP contribution in [0.5, 0.6) is 23.0 Å². The van der Waals surface area contributed by atoms with E-state index in [0.29, 0.717) is 5.75 Å². The summed E-state index contributed by atoms with van der Waals surface area (Å²) in [5, 5.41) is 3.62. The van der Waals surface area contributed by atoms with Crippen LogP contribution in [-0.4, -0.2) is 35.0 Å². The minimum absolute atomic E-state index is 0.188. The molecule has 0 bridgehead atoms. The van der Waals surface area contributed by atoms with E-state index in [-0.39, 0.29) is 6.04 Å². The zero-order chi connectivity index (χ0) is 18.7. The lowest BCUT2D eigenvalue weighted by atomic mass is 9.89. The van der Waals surface area contributed by atoms with Crippen LogP contribution in [0.2, 0.25) is 0 Å². The van der Waals surface area contributed by atoms with Gasteiger partial charge in [0.25, 0.3) is 0 Å². The van der Waals surface area contributed by atoms with Gasteiger partial charge in [-0.1, -0.05) is 15.9 Å². The molecule has 3 rings (SSSR count). The van der Waals surface area contributed by atoms with Gasteiger partial charge in [-0.2, -0.15) is 0 Å². The Bertz CT molecular complexity index is 794. The zero-order valence-electron chi connectivity index (χ0n) is 15.5. The summed E-state index contributed by atoms with van der Waals surface area (Å²) in [5.74, 6) is 2.98. The van der Waals surface area contributed by atoms with Gasteiger partial charge in [-0.3, -0.25) is 0 Å². The third-order valence-electron chi connectivity index (χ3n) is 4.78. The van der Waals surface area contributed by atoms with Crippen molar-refractivity contribution in [3.63, 3.8) is 0 Å². The molecule has 0 aliphatic carbocycles. The monoisotopic (exact) mass is 421 g/mol. The van der Waals surface area contributed by atoms with Crippen LogP contribution in [0.15, 0.2) is 28.7 Å². The summed E-state index contributed by atoms with van der Waals surface area (Å²) in [6.07, 6.45) is 1.79. The number of benzene rings is 2. The fourth-order valence-corrected chi connectivity index (χ4v) is 3.91. The zero-order valence-corrected chi connectivity index (χ0v) is 17.1. The van der Waals surface area contributed by atoms with Gasteiger partial charge in [0.05, 0.1) is 28.4 Å². The second-order valence-corrected chi connectivity index (χ2v) is 7.02. The van der Waals surface area contributed by atoms with Crippen molar-refractivity contribution < 1.29 is 18.9 Å². The van der Waals surface area contributed by atoms with Gasteiger partial charge in [0, 0.05) is 10.5 Å². The quantitative estimate of drug-likeness (QED) is 0.765. The van der Waals surface area contributed by atoms with Crippen molar-refractivity contribution >= 4 is 15.9 Å². The molecule has 0 amide bonds. The second-order valence-electron chi connectivity index (χ2n) is 6.17. The van der Waals surface area contributed by atoms with Crippen LogP contribution in [0.3, 0.4) is 0 Å². The molecule has 26 heavy (non-hydrogen) atoms. The molecule has 0 saturated heterocycles. The number of methoxy groups -OCH3 is 4. The average molecular weight is 422 g/mol. The lowest BCUT2D eigenvalue weighted by molar-refractivity contribution is 0.351. The number of halogens is 1. The molecule has 0 spiro atoms. The molecule has 0 fully saturated rings. The maximum absolute atomic E-state index is 5.49. The number of rotatable bonds is 6. The Hall–Kier alpha value is -1.92. The Morgan fingerprint density at radius 1 is 0.885 bits per heavy atom. The molecule has 1 aliphatic heterocycles. The first-order valence-electron chi connectivity index (χ1n) is 8.49. The van der Waals surface area contributed by atoms with E-state index >= 15 is 0 Å². The highest BCUT2D eigenvalue weighted by atomic mass is 79.9. The van der Waals surface area contributed by atoms with E-state index in [2.05, 4.69) is 33.4 Å². The van der Waals surface area contributed by atoms with Crippen LogP contribution in [-0.2, 0) is 12.8 Å². The minimum atomic E-state index is 0.188. The minimum Gasteiger partial charge on any atom is -0.493 e. The predicted molar refractivity (Wildman–Crippen MR) is 105 cm³/mol. The average Bonchev–Trinajstić information content (AvgIpc) is 2.68. The second kappa shape index (κ2) is 8.18. The summed E-state index contributed by atoms with van der Waals surface area (Å²) in [7, 11) is 6.63. The number of fused-ring (bicyclic) bond motifs is 1. The van der Waals surface area contributed by atoms with Crippen molar-refractivity contribution in [2.45, 2.75) is 18.9 Å². The first-order chi connectivity index (χ1) is 12.6. The first kappa shape index (κ1) is 18.9. The maximum Gasteiger partial charge on any atom is 0.161 e. The molecular formula is C20H24BrNO4. The van der Waals surface area contributed by atoms with Crippen LogP contribution in [0.25, 0.3) is 0 Å². The van der Waals surface area contributed by atoms with Crippen molar-refractivity contribution in [3.8, 4) is 23.0 Å². The highest BCUT2D eigenvalue weighted by Crippen LogP contribution is 2.39.